The molecule has 1 aromatic rings. The first kappa shape index (κ1) is 31.3. The summed E-state index contributed by atoms with van der Waals surface area (Å²) in [4.78, 5) is 61.0. The molecule has 4 amide bonds. The van der Waals surface area contributed by atoms with Gasteiger partial charge in [0.05, 0.1) is 12.1 Å². The molecule has 0 aliphatic heterocycles. The van der Waals surface area contributed by atoms with Gasteiger partial charge in [-0.3, -0.25) is 19.2 Å². The van der Waals surface area contributed by atoms with Crippen LogP contribution in [0.1, 0.15) is 45.6 Å². The van der Waals surface area contributed by atoms with Crippen molar-refractivity contribution in [2.24, 2.45) is 17.4 Å². The average Bonchev–Trinajstić information content (AvgIpc) is 2.80. The van der Waals surface area contributed by atoms with Crippen molar-refractivity contribution in [3.63, 3.8) is 0 Å². The van der Waals surface area contributed by atoms with E-state index in [0.717, 1.165) is 0 Å². The van der Waals surface area contributed by atoms with Crippen LogP contribution in [0.3, 0.4) is 0 Å². The number of aliphatic hydroxyl groups is 1. The highest BCUT2D eigenvalue weighted by molar-refractivity contribution is 5.94. The Hall–Kier alpha value is -3.71. The summed E-state index contributed by atoms with van der Waals surface area (Å²) in [5.74, 6) is -4.47. The third-order valence-corrected chi connectivity index (χ3v) is 5.43. The summed E-state index contributed by atoms with van der Waals surface area (Å²) in [6.45, 7) is 4.85. The molecule has 0 aromatic heterocycles. The van der Waals surface area contributed by atoms with Gasteiger partial charge in [-0.05, 0) is 43.4 Å². The van der Waals surface area contributed by atoms with E-state index < -0.39 is 59.9 Å². The number of carboxylic acid groups (broad SMARTS) is 1. The maximum atomic E-state index is 13.0. The number of phenols is 1. The molecule has 0 bridgehead atoms. The normalized spacial score (nSPS) is 15.1. The monoisotopic (exact) mass is 523 g/mol. The predicted molar refractivity (Wildman–Crippen MR) is 133 cm³/mol. The molecule has 10 N–H and O–H groups in total. The smallest absolute Gasteiger partial charge is 0.326 e. The van der Waals surface area contributed by atoms with E-state index in [1.807, 2.05) is 0 Å². The van der Waals surface area contributed by atoms with Gasteiger partial charge in [0.2, 0.25) is 23.6 Å². The Bertz CT molecular complexity index is 951. The molecule has 13 nitrogen and oxygen atoms in total. The first-order valence-corrected chi connectivity index (χ1v) is 11.8. The fraction of sp³-hybridized carbons (Fsp3) is 0.542. The highest BCUT2D eigenvalue weighted by Crippen LogP contribution is 2.12. The number of primary amides is 1. The molecular formula is C24H37N5O8. The van der Waals surface area contributed by atoms with Crippen molar-refractivity contribution in [1.29, 1.82) is 0 Å². The molecule has 5 atom stereocenters. The molecule has 0 aliphatic carbocycles. The van der Waals surface area contributed by atoms with Crippen LogP contribution >= 0.6 is 0 Å². The Balaban J connectivity index is 2.96. The number of hydrogen-bond acceptors (Lipinski definition) is 8. The van der Waals surface area contributed by atoms with Gasteiger partial charge < -0.3 is 42.7 Å². The van der Waals surface area contributed by atoms with Crippen LogP contribution in [0, 0.1) is 5.92 Å². The Morgan fingerprint density at radius 1 is 0.892 bits per heavy atom. The number of nitrogens with two attached hydrogens (primary N) is 2. The number of carbonyl (C=O) groups is 5. The van der Waals surface area contributed by atoms with E-state index >= 15 is 0 Å². The van der Waals surface area contributed by atoms with E-state index in [9.17, 15) is 39.3 Å². The van der Waals surface area contributed by atoms with Crippen LogP contribution < -0.4 is 27.4 Å². The highest BCUT2D eigenvalue weighted by atomic mass is 16.4. The Labute approximate surface area is 215 Å². The fourth-order valence-electron chi connectivity index (χ4n) is 3.40. The number of benzene rings is 1. The van der Waals surface area contributed by atoms with Gasteiger partial charge in [-0.15, -0.1) is 0 Å². The van der Waals surface area contributed by atoms with Gasteiger partial charge in [0.15, 0.2) is 0 Å². The summed E-state index contributed by atoms with van der Waals surface area (Å²) in [6, 6.07) is 0.706. The lowest BCUT2D eigenvalue weighted by Gasteiger charge is -2.27. The number of phenolic OH excluding ortho intramolecular Hbond substituents is 1. The number of aliphatic hydroxyl groups excluding tert-OH is 1. The van der Waals surface area contributed by atoms with Crippen molar-refractivity contribution in [2.75, 3.05) is 0 Å². The first-order valence-electron chi connectivity index (χ1n) is 11.8. The molecule has 0 aliphatic rings. The fourth-order valence-corrected chi connectivity index (χ4v) is 3.40. The summed E-state index contributed by atoms with van der Waals surface area (Å²) in [7, 11) is 0. The zero-order valence-corrected chi connectivity index (χ0v) is 21.1. The Morgan fingerprint density at radius 2 is 1.46 bits per heavy atom. The maximum Gasteiger partial charge on any atom is 0.326 e. The predicted octanol–water partition coefficient (Wildman–Crippen LogP) is -1.51. The van der Waals surface area contributed by atoms with Crippen LogP contribution in [-0.2, 0) is 30.4 Å². The minimum Gasteiger partial charge on any atom is -0.508 e. The standard InChI is InChI=1S/C24H37N5O8/c1-12(2)10-17(22(34)28-18(24(36)37)11-14-4-6-15(31)7-5-14)27-23(35)20(13(3)30)29-21(33)16(25)8-9-19(26)32/h4-7,12-13,16-18,20,30-31H,8-11,25H2,1-3H3,(H2,26,32)(H,27,35)(H,28,34)(H,29,33)(H,36,37). The highest BCUT2D eigenvalue weighted by Gasteiger charge is 2.32. The van der Waals surface area contributed by atoms with Crippen molar-refractivity contribution in [2.45, 2.75) is 76.7 Å². The van der Waals surface area contributed by atoms with E-state index in [-0.39, 0.29) is 37.4 Å². The zero-order valence-electron chi connectivity index (χ0n) is 21.1. The Morgan fingerprint density at radius 3 is 1.95 bits per heavy atom. The third kappa shape index (κ3) is 11.3. The molecule has 0 spiro atoms. The van der Waals surface area contributed by atoms with Gasteiger partial charge >= 0.3 is 5.97 Å². The lowest BCUT2D eigenvalue weighted by atomic mass is 10.0. The quantitative estimate of drug-likeness (QED) is 0.133. The summed E-state index contributed by atoms with van der Waals surface area (Å²) >= 11 is 0. The molecule has 37 heavy (non-hydrogen) atoms. The van der Waals surface area contributed by atoms with E-state index in [1.54, 1.807) is 13.8 Å². The van der Waals surface area contributed by atoms with Crippen LogP contribution in [0.25, 0.3) is 0 Å². The lowest BCUT2D eigenvalue weighted by molar-refractivity contribution is -0.142. The number of rotatable bonds is 15. The minimum atomic E-state index is -1.47. The molecule has 1 aromatic carbocycles. The molecule has 0 heterocycles. The SMILES string of the molecule is CC(C)CC(NC(=O)C(NC(=O)C(N)CCC(N)=O)C(C)O)C(=O)NC(Cc1ccc(O)cc1)C(=O)O. The summed E-state index contributed by atoms with van der Waals surface area (Å²) < 4.78 is 0. The topological polar surface area (TPSA) is 234 Å². The van der Waals surface area contributed by atoms with Gasteiger partial charge in [0, 0.05) is 12.8 Å². The van der Waals surface area contributed by atoms with Crippen LogP contribution in [0.4, 0.5) is 0 Å². The number of aliphatic carboxylic acids is 1. The molecule has 0 fully saturated rings. The minimum absolute atomic E-state index is 0.00736. The van der Waals surface area contributed by atoms with Crippen LogP contribution in [0.15, 0.2) is 24.3 Å². The number of hydrogen-bond donors (Lipinski definition) is 8. The number of aromatic hydroxyl groups is 1. The maximum absolute atomic E-state index is 13.0. The molecule has 0 radical (unpaired) electrons. The zero-order chi connectivity index (χ0) is 28.3. The van der Waals surface area contributed by atoms with E-state index in [2.05, 4.69) is 16.0 Å². The van der Waals surface area contributed by atoms with Crippen molar-refractivity contribution >= 4 is 29.6 Å². The largest absolute Gasteiger partial charge is 0.508 e. The van der Waals surface area contributed by atoms with Gasteiger partial charge in [0.25, 0.3) is 0 Å². The molecular weight excluding hydrogens is 486 g/mol. The van der Waals surface area contributed by atoms with E-state index in [4.69, 9.17) is 11.5 Å². The van der Waals surface area contributed by atoms with Crippen molar-refractivity contribution in [1.82, 2.24) is 16.0 Å². The van der Waals surface area contributed by atoms with E-state index in [0.29, 0.717) is 5.56 Å². The summed E-state index contributed by atoms with van der Waals surface area (Å²) in [6.07, 6.45) is -1.51. The molecule has 5 unspecified atom stereocenters. The molecule has 1 rings (SSSR count). The van der Waals surface area contributed by atoms with Gasteiger partial charge in [0.1, 0.15) is 23.9 Å². The van der Waals surface area contributed by atoms with Gasteiger partial charge in [-0.25, -0.2) is 4.79 Å². The average molecular weight is 524 g/mol. The molecule has 0 saturated carbocycles. The number of amides is 4. The van der Waals surface area contributed by atoms with Gasteiger partial charge in [-0.2, -0.15) is 0 Å². The second kappa shape index (κ2) is 14.8. The van der Waals surface area contributed by atoms with Crippen molar-refractivity contribution in [3.8, 4) is 5.75 Å². The molecule has 0 saturated heterocycles. The lowest BCUT2D eigenvalue weighted by Crippen LogP contribution is -2.60. The van der Waals surface area contributed by atoms with Crippen LogP contribution in [-0.4, -0.2) is 75.2 Å². The number of carboxylic acids is 1. The number of carbonyl (C=O) groups excluding carboxylic acids is 4. The third-order valence-electron chi connectivity index (χ3n) is 5.43. The molecule has 206 valence electrons. The van der Waals surface area contributed by atoms with Gasteiger partial charge in [-0.1, -0.05) is 26.0 Å². The second-order valence-electron chi connectivity index (χ2n) is 9.30. The van der Waals surface area contributed by atoms with Crippen LogP contribution in [0.5, 0.6) is 5.75 Å². The van der Waals surface area contributed by atoms with Crippen LogP contribution in [0.2, 0.25) is 0 Å². The number of nitrogens with one attached hydrogen (secondary N) is 3. The molecule has 13 heteroatoms. The van der Waals surface area contributed by atoms with Crippen molar-refractivity contribution < 1.29 is 39.3 Å². The first-order chi connectivity index (χ1) is 17.2. The second-order valence-corrected chi connectivity index (χ2v) is 9.30. The Kier molecular flexibility index (Phi) is 12.5. The van der Waals surface area contributed by atoms with E-state index in [1.165, 1.54) is 31.2 Å². The van der Waals surface area contributed by atoms with Crippen molar-refractivity contribution in [3.05, 3.63) is 29.8 Å². The summed E-state index contributed by atoms with van der Waals surface area (Å²) in [5.41, 5.74) is 11.3. The summed E-state index contributed by atoms with van der Waals surface area (Å²) in [5, 5.41) is 36.3.